The lowest BCUT2D eigenvalue weighted by molar-refractivity contribution is -0.121. The number of hydrogen-bond acceptors (Lipinski definition) is 5. The summed E-state index contributed by atoms with van der Waals surface area (Å²) in [6, 6.07) is 24.4. The minimum absolute atomic E-state index is 0.0248. The SMILES string of the molecule is Cc1ccc(-c2cc(C(=O)NNC(=O)Cc3noc4ccccc34)c3ccccc3n2)cc1. The highest BCUT2D eigenvalue weighted by Crippen LogP contribution is 2.25. The lowest BCUT2D eigenvalue weighted by Gasteiger charge is -2.11. The second-order valence-electron chi connectivity index (χ2n) is 7.74. The Hall–Kier alpha value is -4.52. The third-order valence-electron chi connectivity index (χ3n) is 5.40. The van der Waals surface area contributed by atoms with Crippen LogP contribution in [0, 0.1) is 6.92 Å². The number of carbonyl (C=O) groups excluding carboxylic acids is 2. The predicted octanol–water partition coefficient (Wildman–Crippen LogP) is 4.36. The molecule has 2 amide bonds. The van der Waals surface area contributed by atoms with Crippen LogP contribution in [0.1, 0.15) is 21.6 Å². The Balaban J connectivity index is 1.37. The molecular weight excluding hydrogens is 416 g/mol. The molecule has 3 aromatic carbocycles. The molecule has 0 saturated carbocycles. The fraction of sp³-hybridized carbons (Fsp3) is 0.0769. The predicted molar refractivity (Wildman–Crippen MR) is 125 cm³/mol. The van der Waals surface area contributed by atoms with Crippen LogP contribution in [0.2, 0.25) is 0 Å². The average Bonchev–Trinajstić information content (AvgIpc) is 3.25. The van der Waals surface area contributed by atoms with Gasteiger partial charge in [0, 0.05) is 16.3 Å². The van der Waals surface area contributed by atoms with Gasteiger partial charge in [-0.15, -0.1) is 0 Å². The molecule has 0 aliphatic carbocycles. The van der Waals surface area contributed by atoms with Crippen molar-refractivity contribution in [1.29, 1.82) is 0 Å². The van der Waals surface area contributed by atoms with Crippen LogP contribution in [0.3, 0.4) is 0 Å². The van der Waals surface area contributed by atoms with Gasteiger partial charge in [-0.2, -0.15) is 0 Å². The van der Waals surface area contributed by atoms with Crippen molar-refractivity contribution in [3.05, 3.63) is 95.7 Å². The van der Waals surface area contributed by atoms with Gasteiger partial charge in [-0.25, -0.2) is 4.98 Å². The zero-order valence-corrected chi connectivity index (χ0v) is 17.8. The largest absolute Gasteiger partial charge is 0.356 e. The van der Waals surface area contributed by atoms with Gasteiger partial charge < -0.3 is 4.52 Å². The molecule has 33 heavy (non-hydrogen) atoms. The van der Waals surface area contributed by atoms with E-state index in [1.165, 1.54) is 0 Å². The fourth-order valence-electron chi connectivity index (χ4n) is 3.69. The number of aryl methyl sites for hydroxylation is 1. The molecule has 2 aromatic heterocycles. The molecule has 0 unspecified atom stereocenters. The van der Waals surface area contributed by atoms with Gasteiger partial charge >= 0.3 is 0 Å². The quantitative estimate of drug-likeness (QED) is 0.408. The molecule has 7 heteroatoms. The molecule has 0 radical (unpaired) electrons. The number of carbonyl (C=O) groups is 2. The smallest absolute Gasteiger partial charge is 0.270 e. The maximum absolute atomic E-state index is 13.0. The number of nitrogens with one attached hydrogen (secondary N) is 2. The van der Waals surface area contributed by atoms with Crippen molar-refractivity contribution in [3.8, 4) is 11.3 Å². The summed E-state index contributed by atoms with van der Waals surface area (Å²) in [4.78, 5) is 30.2. The highest BCUT2D eigenvalue weighted by Gasteiger charge is 2.16. The molecule has 0 spiro atoms. The van der Waals surface area contributed by atoms with Crippen LogP contribution in [-0.2, 0) is 11.2 Å². The molecule has 5 rings (SSSR count). The van der Waals surface area contributed by atoms with E-state index in [0.717, 1.165) is 16.5 Å². The molecule has 2 heterocycles. The highest BCUT2D eigenvalue weighted by atomic mass is 16.5. The third-order valence-corrected chi connectivity index (χ3v) is 5.40. The topological polar surface area (TPSA) is 97.1 Å². The first-order valence-electron chi connectivity index (χ1n) is 10.5. The minimum atomic E-state index is -0.430. The number of amides is 2. The van der Waals surface area contributed by atoms with E-state index < -0.39 is 11.8 Å². The lowest BCUT2D eigenvalue weighted by atomic mass is 10.0. The van der Waals surface area contributed by atoms with Crippen molar-refractivity contribution in [2.45, 2.75) is 13.3 Å². The monoisotopic (exact) mass is 436 g/mol. The number of para-hydroxylation sites is 2. The maximum Gasteiger partial charge on any atom is 0.270 e. The number of hydrazine groups is 1. The summed E-state index contributed by atoms with van der Waals surface area (Å²) in [6.07, 6.45) is -0.0248. The molecular formula is C26H20N4O3. The third kappa shape index (κ3) is 4.16. The Morgan fingerprint density at radius 2 is 1.61 bits per heavy atom. The number of fused-ring (bicyclic) bond motifs is 2. The first kappa shape index (κ1) is 20.4. The van der Waals surface area contributed by atoms with Crippen molar-refractivity contribution in [1.82, 2.24) is 21.0 Å². The van der Waals surface area contributed by atoms with Gasteiger partial charge in [-0.05, 0) is 31.2 Å². The van der Waals surface area contributed by atoms with Crippen molar-refractivity contribution < 1.29 is 14.1 Å². The van der Waals surface area contributed by atoms with Crippen LogP contribution in [0.4, 0.5) is 0 Å². The number of nitrogens with zero attached hydrogens (tertiary/aromatic N) is 2. The summed E-state index contributed by atoms with van der Waals surface area (Å²) in [7, 11) is 0. The van der Waals surface area contributed by atoms with Crippen molar-refractivity contribution >= 4 is 33.7 Å². The Morgan fingerprint density at radius 1 is 0.879 bits per heavy atom. The number of pyridine rings is 1. The van der Waals surface area contributed by atoms with Gasteiger partial charge in [0.2, 0.25) is 5.91 Å². The summed E-state index contributed by atoms with van der Waals surface area (Å²) < 4.78 is 5.23. The Morgan fingerprint density at radius 3 is 2.42 bits per heavy atom. The molecule has 162 valence electrons. The Kier molecular flexibility index (Phi) is 5.28. The lowest BCUT2D eigenvalue weighted by Crippen LogP contribution is -2.42. The van der Waals surface area contributed by atoms with E-state index in [1.807, 2.05) is 73.7 Å². The van der Waals surface area contributed by atoms with Crippen LogP contribution in [-0.4, -0.2) is 22.0 Å². The van der Waals surface area contributed by atoms with E-state index in [4.69, 9.17) is 9.51 Å². The fourth-order valence-corrected chi connectivity index (χ4v) is 3.69. The van der Waals surface area contributed by atoms with Gasteiger partial charge in [0.15, 0.2) is 5.58 Å². The highest BCUT2D eigenvalue weighted by molar-refractivity contribution is 6.07. The zero-order chi connectivity index (χ0) is 22.8. The van der Waals surface area contributed by atoms with E-state index in [1.54, 1.807) is 12.1 Å². The number of hydrogen-bond donors (Lipinski definition) is 2. The maximum atomic E-state index is 13.0. The number of aromatic nitrogens is 2. The van der Waals surface area contributed by atoms with Crippen LogP contribution >= 0.6 is 0 Å². The molecule has 0 aliphatic rings. The van der Waals surface area contributed by atoms with Crippen LogP contribution in [0.15, 0.2) is 83.4 Å². The van der Waals surface area contributed by atoms with Crippen LogP contribution in [0.25, 0.3) is 33.1 Å². The summed E-state index contributed by atoms with van der Waals surface area (Å²) in [5, 5.41) is 5.42. The summed E-state index contributed by atoms with van der Waals surface area (Å²) in [5.74, 6) is -0.833. The minimum Gasteiger partial charge on any atom is -0.356 e. The molecule has 0 atom stereocenters. The van der Waals surface area contributed by atoms with Crippen molar-refractivity contribution in [2.24, 2.45) is 0 Å². The van der Waals surface area contributed by atoms with Gasteiger partial charge in [-0.3, -0.25) is 20.4 Å². The molecule has 5 aromatic rings. The van der Waals surface area contributed by atoms with Crippen LogP contribution in [0.5, 0.6) is 0 Å². The Labute approximate surface area is 189 Å². The van der Waals surface area contributed by atoms with Gasteiger partial charge in [-0.1, -0.05) is 65.3 Å². The number of rotatable bonds is 4. The van der Waals surface area contributed by atoms with E-state index in [2.05, 4.69) is 16.0 Å². The normalized spacial score (nSPS) is 10.9. The van der Waals surface area contributed by atoms with Crippen molar-refractivity contribution in [3.63, 3.8) is 0 Å². The molecule has 2 N–H and O–H groups in total. The average molecular weight is 436 g/mol. The van der Waals surface area contributed by atoms with Crippen LogP contribution < -0.4 is 10.9 Å². The molecule has 0 aliphatic heterocycles. The van der Waals surface area contributed by atoms with Gasteiger partial charge in [0.05, 0.1) is 23.2 Å². The van der Waals surface area contributed by atoms with E-state index in [9.17, 15) is 9.59 Å². The standard InChI is InChI=1S/C26H20N4O3/c1-16-10-12-17(13-11-16)22-14-20(18-6-2-4-8-21(18)27-22)26(32)29-28-25(31)15-23-19-7-3-5-9-24(19)33-30-23/h2-14H,15H2,1H3,(H,28,31)(H,29,32). The van der Waals surface area contributed by atoms with E-state index in [-0.39, 0.29) is 6.42 Å². The second kappa shape index (κ2) is 8.55. The summed E-state index contributed by atoms with van der Waals surface area (Å²) in [6.45, 7) is 2.01. The summed E-state index contributed by atoms with van der Waals surface area (Å²) >= 11 is 0. The molecule has 0 bridgehead atoms. The number of benzene rings is 3. The summed E-state index contributed by atoms with van der Waals surface area (Å²) in [5.41, 5.74) is 9.94. The second-order valence-corrected chi connectivity index (χ2v) is 7.74. The molecule has 0 saturated heterocycles. The zero-order valence-electron chi connectivity index (χ0n) is 17.8. The van der Waals surface area contributed by atoms with Gasteiger partial charge in [0.25, 0.3) is 5.91 Å². The van der Waals surface area contributed by atoms with Crippen molar-refractivity contribution in [2.75, 3.05) is 0 Å². The molecule has 0 fully saturated rings. The Bertz CT molecular complexity index is 1490. The first-order chi connectivity index (χ1) is 16.1. The molecule has 7 nitrogen and oxygen atoms in total. The van der Waals surface area contributed by atoms with E-state index in [0.29, 0.717) is 33.4 Å². The van der Waals surface area contributed by atoms with E-state index >= 15 is 0 Å². The van der Waals surface area contributed by atoms with Gasteiger partial charge in [0.1, 0.15) is 5.69 Å². The first-order valence-corrected chi connectivity index (χ1v) is 10.5.